The van der Waals surface area contributed by atoms with Crippen LogP contribution in [-0.4, -0.2) is 20.1 Å². The van der Waals surface area contributed by atoms with Gasteiger partial charge in [0.1, 0.15) is 0 Å². The van der Waals surface area contributed by atoms with E-state index < -0.39 is 10.0 Å². The van der Waals surface area contributed by atoms with Gasteiger partial charge in [0.2, 0.25) is 15.9 Å². The number of hydrogen-bond acceptors (Lipinski definition) is 4. The topological polar surface area (TPSA) is 106 Å². The molecule has 3 rings (SSSR count). The molecule has 0 aliphatic rings. The lowest BCUT2D eigenvalue weighted by Crippen LogP contribution is -2.16. The number of primary sulfonamides is 1. The Bertz CT molecular complexity index is 1220. The van der Waals surface area contributed by atoms with Gasteiger partial charge in [-0.25, -0.2) is 13.6 Å². The largest absolute Gasteiger partial charge is 0.326 e. The highest BCUT2D eigenvalue weighted by Crippen LogP contribution is 2.21. The first-order chi connectivity index (χ1) is 14.1. The molecule has 0 saturated carbocycles. The molecule has 30 heavy (non-hydrogen) atoms. The molecule has 0 heterocycles. The van der Waals surface area contributed by atoms with Crippen LogP contribution in [-0.2, 0) is 21.2 Å². The Morgan fingerprint density at radius 3 is 2.30 bits per heavy atom. The third-order valence-corrected chi connectivity index (χ3v) is 5.61. The van der Waals surface area contributed by atoms with Crippen LogP contribution in [0.3, 0.4) is 0 Å². The van der Waals surface area contributed by atoms with Crippen LogP contribution in [0, 0.1) is 6.92 Å². The highest BCUT2D eigenvalue weighted by atomic mass is 35.5. The first-order valence-electron chi connectivity index (χ1n) is 8.96. The normalized spacial score (nSPS) is 11.2. The van der Waals surface area contributed by atoms with Crippen molar-refractivity contribution in [3.8, 4) is 0 Å². The number of amides is 1. The van der Waals surface area contributed by atoms with E-state index in [-0.39, 0.29) is 23.0 Å². The highest BCUT2D eigenvalue weighted by molar-refractivity contribution is 7.89. The molecular weight excluding hydrogens is 424 g/mol. The number of nitrogens with one attached hydrogen (secondary N) is 1. The smallest absolute Gasteiger partial charge is 0.238 e. The van der Waals surface area contributed by atoms with Gasteiger partial charge in [-0.15, -0.1) is 0 Å². The van der Waals surface area contributed by atoms with Gasteiger partial charge in [0.05, 0.1) is 16.3 Å². The van der Waals surface area contributed by atoms with Crippen LogP contribution in [0.5, 0.6) is 0 Å². The van der Waals surface area contributed by atoms with Gasteiger partial charge in [0, 0.05) is 16.8 Å². The van der Waals surface area contributed by atoms with Gasteiger partial charge in [-0.3, -0.25) is 9.59 Å². The van der Waals surface area contributed by atoms with Crippen LogP contribution in [0.4, 0.5) is 5.69 Å². The molecule has 3 aromatic carbocycles. The maximum atomic E-state index is 12.8. The van der Waals surface area contributed by atoms with E-state index in [1.807, 2.05) is 13.0 Å². The first kappa shape index (κ1) is 21.7. The van der Waals surface area contributed by atoms with Crippen LogP contribution in [0.15, 0.2) is 71.6 Å². The van der Waals surface area contributed by atoms with Gasteiger partial charge in [-0.2, -0.15) is 0 Å². The highest BCUT2D eigenvalue weighted by Gasteiger charge is 2.15. The molecule has 6 nitrogen and oxygen atoms in total. The minimum Gasteiger partial charge on any atom is -0.326 e. The zero-order chi connectivity index (χ0) is 21.9. The average molecular weight is 443 g/mol. The summed E-state index contributed by atoms with van der Waals surface area (Å²) in [5.41, 5.74) is 2.79. The van der Waals surface area contributed by atoms with Crippen LogP contribution in [0.25, 0.3) is 0 Å². The Hall–Kier alpha value is -3.00. The van der Waals surface area contributed by atoms with Gasteiger partial charge in [-0.1, -0.05) is 35.4 Å². The lowest BCUT2D eigenvalue weighted by atomic mass is 9.97. The van der Waals surface area contributed by atoms with Crippen molar-refractivity contribution >= 4 is 39.0 Å². The monoisotopic (exact) mass is 442 g/mol. The minimum absolute atomic E-state index is 0.0399. The van der Waals surface area contributed by atoms with Crippen molar-refractivity contribution in [1.29, 1.82) is 0 Å². The fraction of sp³-hybridized carbons (Fsp3) is 0.0909. The number of nitrogens with two attached hydrogens (primary N) is 1. The molecule has 0 unspecified atom stereocenters. The molecule has 3 aromatic rings. The predicted octanol–water partition coefficient (Wildman–Crippen LogP) is 3.71. The summed E-state index contributed by atoms with van der Waals surface area (Å²) in [7, 11) is -3.79. The number of halogens is 1. The van der Waals surface area contributed by atoms with Crippen molar-refractivity contribution in [1.82, 2.24) is 0 Å². The molecule has 0 spiro atoms. The van der Waals surface area contributed by atoms with Crippen molar-refractivity contribution in [3.63, 3.8) is 0 Å². The Balaban J connectivity index is 1.76. The molecular formula is C22H19ClN2O4S. The summed E-state index contributed by atoms with van der Waals surface area (Å²) >= 11 is 6.13. The molecule has 1 amide bonds. The quantitative estimate of drug-likeness (QED) is 0.567. The zero-order valence-corrected chi connectivity index (χ0v) is 17.6. The van der Waals surface area contributed by atoms with Crippen molar-refractivity contribution in [2.24, 2.45) is 5.14 Å². The van der Waals surface area contributed by atoms with E-state index in [9.17, 15) is 18.0 Å². The van der Waals surface area contributed by atoms with Crippen molar-refractivity contribution in [2.45, 2.75) is 18.2 Å². The Kier molecular flexibility index (Phi) is 6.36. The van der Waals surface area contributed by atoms with Crippen LogP contribution >= 0.6 is 11.6 Å². The number of rotatable bonds is 6. The molecule has 0 saturated heterocycles. The lowest BCUT2D eigenvalue weighted by molar-refractivity contribution is -0.115. The van der Waals surface area contributed by atoms with Crippen molar-refractivity contribution in [2.75, 3.05) is 5.32 Å². The third-order valence-electron chi connectivity index (χ3n) is 4.35. The molecule has 0 atom stereocenters. The molecule has 8 heteroatoms. The molecule has 154 valence electrons. The van der Waals surface area contributed by atoms with E-state index >= 15 is 0 Å². The molecule has 0 aromatic heterocycles. The molecule has 0 aliphatic carbocycles. The summed E-state index contributed by atoms with van der Waals surface area (Å²) in [6.45, 7) is 1.84. The number of hydrogen-bond donors (Lipinski definition) is 2. The standard InChI is InChI=1S/C22H19ClN2O4S/c1-14-10-15(12-16(11-14)22(27)19-4-2-3-5-20(19)23)13-21(26)25-17-6-8-18(9-7-17)30(24,28)29/h2-12H,13H2,1H3,(H,25,26)(H2,24,28,29). The SMILES string of the molecule is Cc1cc(CC(=O)Nc2ccc(S(N)(=O)=O)cc2)cc(C(=O)c2ccccc2Cl)c1. The zero-order valence-electron chi connectivity index (χ0n) is 16.1. The van der Waals surface area contributed by atoms with Gasteiger partial charge < -0.3 is 5.32 Å². The van der Waals surface area contributed by atoms with E-state index in [1.54, 1.807) is 36.4 Å². The van der Waals surface area contributed by atoms with Crippen molar-refractivity contribution in [3.05, 3.63) is 94.0 Å². The summed E-state index contributed by atoms with van der Waals surface area (Å²) < 4.78 is 22.6. The molecule has 0 aliphatic heterocycles. The fourth-order valence-corrected chi connectivity index (χ4v) is 3.75. The second-order valence-corrected chi connectivity index (χ2v) is 8.78. The number of anilines is 1. The van der Waals surface area contributed by atoms with Crippen LogP contribution in [0.2, 0.25) is 5.02 Å². The number of ketones is 1. The summed E-state index contributed by atoms with van der Waals surface area (Å²) in [6.07, 6.45) is 0.0431. The number of benzene rings is 3. The summed E-state index contributed by atoms with van der Waals surface area (Å²) in [5.74, 6) is -0.523. The average Bonchev–Trinajstić information content (AvgIpc) is 2.67. The van der Waals surface area contributed by atoms with E-state index in [1.165, 1.54) is 24.3 Å². The number of carbonyl (C=O) groups is 2. The van der Waals surface area contributed by atoms with Crippen LogP contribution in [0.1, 0.15) is 27.0 Å². The lowest BCUT2D eigenvalue weighted by Gasteiger charge is -2.09. The summed E-state index contributed by atoms with van der Waals surface area (Å²) in [6, 6.07) is 17.6. The van der Waals surface area contributed by atoms with E-state index in [2.05, 4.69) is 5.32 Å². The van der Waals surface area contributed by atoms with E-state index in [0.717, 1.165) is 5.56 Å². The number of carbonyl (C=O) groups excluding carboxylic acids is 2. The van der Waals surface area contributed by atoms with Crippen LogP contribution < -0.4 is 10.5 Å². The van der Waals surface area contributed by atoms with Gasteiger partial charge >= 0.3 is 0 Å². The second-order valence-electron chi connectivity index (χ2n) is 6.81. The molecule has 0 bridgehead atoms. The maximum absolute atomic E-state index is 12.8. The molecule has 0 fully saturated rings. The van der Waals surface area contributed by atoms with E-state index in [0.29, 0.717) is 27.4 Å². The molecule has 3 N–H and O–H groups in total. The van der Waals surface area contributed by atoms with Crippen molar-refractivity contribution < 1.29 is 18.0 Å². The van der Waals surface area contributed by atoms with Gasteiger partial charge in [0.15, 0.2) is 5.78 Å². The first-order valence-corrected chi connectivity index (χ1v) is 10.9. The Labute approximate surface area is 179 Å². The third kappa shape index (κ3) is 5.33. The fourth-order valence-electron chi connectivity index (χ4n) is 3.01. The second kappa shape index (κ2) is 8.79. The maximum Gasteiger partial charge on any atom is 0.238 e. The number of aryl methyl sites for hydroxylation is 1. The predicted molar refractivity (Wildman–Crippen MR) is 116 cm³/mol. The van der Waals surface area contributed by atoms with Gasteiger partial charge in [0.25, 0.3) is 0 Å². The number of sulfonamides is 1. The Morgan fingerprint density at radius 1 is 1.00 bits per heavy atom. The van der Waals surface area contributed by atoms with Gasteiger partial charge in [-0.05, 0) is 61.0 Å². The summed E-state index contributed by atoms with van der Waals surface area (Å²) in [4.78, 5) is 25.2. The molecule has 0 radical (unpaired) electrons. The van der Waals surface area contributed by atoms with E-state index in [4.69, 9.17) is 16.7 Å². The Morgan fingerprint density at radius 2 is 1.67 bits per heavy atom. The minimum atomic E-state index is -3.79. The summed E-state index contributed by atoms with van der Waals surface area (Å²) in [5, 5.41) is 8.13.